The fourth-order valence-electron chi connectivity index (χ4n) is 3.55. The second-order valence-corrected chi connectivity index (χ2v) is 6.58. The number of aromatic amines is 1. The minimum absolute atomic E-state index is 0.647. The fraction of sp³-hybridized carbons (Fsp3) is 0.444. The lowest BCUT2D eigenvalue weighted by Crippen LogP contribution is -2.35. The Morgan fingerprint density at radius 2 is 2.26 bits per heavy atom. The van der Waals surface area contributed by atoms with Gasteiger partial charge >= 0.3 is 0 Å². The molecule has 0 bridgehead atoms. The summed E-state index contributed by atoms with van der Waals surface area (Å²) in [5.41, 5.74) is 3.15. The van der Waals surface area contributed by atoms with E-state index in [1.807, 2.05) is 25.1 Å². The topological polar surface area (TPSA) is 58.0 Å². The molecule has 0 aliphatic carbocycles. The molecule has 1 atom stereocenters. The van der Waals surface area contributed by atoms with E-state index in [1.165, 1.54) is 12.8 Å². The lowest BCUT2D eigenvalue weighted by atomic mass is 9.94. The summed E-state index contributed by atoms with van der Waals surface area (Å²) in [6.45, 7) is 5.05. The van der Waals surface area contributed by atoms with Crippen molar-refractivity contribution in [3.8, 4) is 0 Å². The van der Waals surface area contributed by atoms with Crippen molar-refractivity contribution in [3.63, 3.8) is 0 Å². The molecule has 5 nitrogen and oxygen atoms in total. The summed E-state index contributed by atoms with van der Waals surface area (Å²) in [6, 6.07) is 10.3. The van der Waals surface area contributed by atoms with Crippen molar-refractivity contribution in [1.82, 2.24) is 20.0 Å². The van der Waals surface area contributed by atoms with Crippen LogP contribution in [0.25, 0.3) is 11.0 Å². The van der Waals surface area contributed by atoms with Gasteiger partial charge in [0.15, 0.2) is 5.76 Å². The molecule has 4 rings (SSSR count). The zero-order valence-corrected chi connectivity index (χ0v) is 13.5. The van der Waals surface area contributed by atoms with E-state index in [-0.39, 0.29) is 0 Å². The first-order chi connectivity index (χ1) is 11.3. The average molecular weight is 310 g/mol. The maximum atomic E-state index is 5.35. The molecule has 0 amide bonds. The molecule has 3 heterocycles. The average Bonchev–Trinajstić information content (AvgIpc) is 3.13. The maximum absolute atomic E-state index is 5.35. The van der Waals surface area contributed by atoms with Crippen molar-refractivity contribution in [3.05, 3.63) is 47.6 Å². The van der Waals surface area contributed by atoms with Crippen LogP contribution in [-0.4, -0.2) is 33.1 Å². The molecule has 3 aromatic rings. The van der Waals surface area contributed by atoms with Crippen LogP contribution in [0.2, 0.25) is 0 Å². The van der Waals surface area contributed by atoms with Crippen LogP contribution in [0.1, 0.15) is 30.1 Å². The number of hydrogen-bond acceptors (Lipinski definition) is 4. The Morgan fingerprint density at radius 3 is 3.09 bits per heavy atom. The largest absolute Gasteiger partial charge is 0.360 e. The number of fused-ring (bicyclic) bond motifs is 1. The van der Waals surface area contributed by atoms with Crippen molar-refractivity contribution < 1.29 is 4.52 Å². The summed E-state index contributed by atoms with van der Waals surface area (Å²) in [5.74, 6) is 2.72. The third-order valence-corrected chi connectivity index (χ3v) is 4.58. The van der Waals surface area contributed by atoms with Crippen LogP contribution in [0.15, 0.2) is 34.9 Å². The lowest BCUT2D eigenvalue weighted by molar-refractivity contribution is 0.151. The normalized spacial score (nSPS) is 19.4. The molecule has 5 heteroatoms. The van der Waals surface area contributed by atoms with Crippen molar-refractivity contribution >= 4 is 11.0 Å². The number of hydrogen-bond donors (Lipinski definition) is 1. The number of piperidine rings is 1. The smallest absolute Gasteiger partial charge is 0.150 e. The zero-order chi connectivity index (χ0) is 15.6. The van der Waals surface area contributed by atoms with Gasteiger partial charge in [0.25, 0.3) is 0 Å². The molecule has 1 aliphatic rings. The van der Waals surface area contributed by atoms with Crippen LogP contribution in [0.5, 0.6) is 0 Å². The molecule has 0 saturated carbocycles. The van der Waals surface area contributed by atoms with Crippen molar-refractivity contribution in [2.45, 2.75) is 32.7 Å². The molecule has 120 valence electrons. The van der Waals surface area contributed by atoms with Gasteiger partial charge in [0.1, 0.15) is 5.82 Å². The molecule has 1 saturated heterocycles. The third kappa shape index (κ3) is 3.29. The number of aromatic nitrogens is 3. The molecule has 1 aliphatic heterocycles. The van der Waals surface area contributed by atoms with Gasteiger partial charge in [0, 0.05) is 19.0 Å². The first kappa shape index (κ1) is 14.5. The van der Waals surface area contributed by atoms with E-state index in [0.717, 1.165) is 54.4 Å². The number of benzene rings is 1. The molecule has 0 spiro atoms. The number of para-hydroxylation sites is 2. The zero-order valence-electron chi connectivity index (χ0n) is 13.5. The van der Waals surface area contributed by atoms with Gasteiger partial charge in [-0.25, -0.2) is 4.98 Å². The molecule has 23 heavy (non-hydrogen) atoms. The Hall–Kier alpha value is -2.14. The fourth-order valence-corrected chi connectivity index (χ4v) is 3.55. The van der Waals surface area contributed by atoms with Gasteiger partial charge < -0.3 is 9.51 Å². The van der Waals surface area contributed by atoms with Gasteiger partial charge in [-0.15, -0.1) is 0 Å². The number of rotatable bonds is 4. The van der Waals surface area contributed by atoms with E-state index in [4.69, 9.17) is 9.51 Å². The third-order valence-electron chi connectivity index (χ3n) is 4.58. The Kier molecular flexibility index (Phi) is 3.87. The second kappa shape index (κ2) is 6.16. The highest BCUT2D eigenvalue weighted by Gasteiger charge is 2.22. The Labute approximate surface area is 135 Å². The minimum atomic E-state index is 0.647. The van der Waals surface area contributed by atoms with Crippen LogP contribution in [0, 0.1) is 12.8 Å². The summed E-state index contributed by atoms with van der Waals surface area (Å²) in [4.78, 5) is 10.6. The minimum Gasteiger partial charge on any atom is -0.360 e. The van der Waals surface area contributed by atoms with E-state index in [0.29, 0.717) is 5.92 Å². The van der Waals surface area contributed by atoms with E-state index >= 15 is 0 Å². The quantitative estimate of drug-likeness (QED) is 0.803. The van der Waals surface area contributed by atoms with Crippen LogP contribution in [0.4, 0.5) is 0 Å². The Bertz CT molecular complexity index is 758. The lowest BCUT2D eigenvalue weighted by Gasteiger charge is -2.31. The highest BCUT2D eigenvalue weighted by molar-refractivity contribution is 5.74. The summed E-state index contributed by atoms with van der Waals surface area (Å²) in [5, 5.41) is 3.98. The summed E-state index contributed by atoms with van der Waals surface area (Å²) in [7, 11) is 0. The molecule has 1 fully saturated rings. The van der Waals surface area contributed by atoms with Crippen molar-refractivity contribution in [1.29, 1.82) is 0 Å². The van der Waals surface area contributed by atoms with E-state index in [2.05, 4.69) is 27.2 Å². The monoisotopic (exact) mass is 310 g/mol. The molecule has 0 radical (unpaired) electrons. The van der Waals surface area contributed by atoms with Crippen LogP contribution < -0.4 is 0 Å². The molecule has 2 aromatic heterocycles. The Balaban J connectivity index is 1.40. The Morgan fingerprint density at radius 1 is 1.35 bits per heavy atom. The number of imidazole rings is 1. The van der Waals surface area contributed by atoms with Crippen LogP contribution in [-0.2, 0) is 13.0 Å². The van der Waals surface area contributed by atoms with E-state index < -0.39 is 0 Å². The number of H-pyrrole nitrogens is 1. The van der Waals surface area contributed by atoms with Crippen molar-refractivity contribution in [2.24, 2.45) is 5.92 Å². The molecule has 0 unspecified atom stereocenters. The first-order valence-electron chi connectivity index (χ1n) is 8.34. The highest BCUT2D eigenvalue weighted by Crippen LogP contribution is 2.22. The van der Waals surface area contributed by atoms with Gasteiger partial charge in [-0.2, -0.15) is 0 Å². The van der Waals surface area contributed by atoms with Gasteiger partial charge in [0.05, 0.1) is 23.3 Å². The summed E-state index contributed by atoms with van der Waals surface area (Å²) < 4.78 is 5.35. The second-order valence-electron chi connectivity index (χ2n) is 6.58. The number of nitrogens with zero attached hydrogens (tertiary/aromatic N) is 3. The van der Waals surface area contributed by atoms with Gasteiger partial charge in [-0.1, -0.05) is 17.3 Å². The highest BCUT2D eigenvalue weighted by atomic mass is 16.5. The predicted molar refractivity (Wildman–Crippen MR) is 89.0 cm³/mol. The van der Waals surface area contributed by atoms with Crippen LogP contribution >= 0.6 is 0 Å². The summed E-state index contributed by atoms with van der Waals surface area (Å²) in [6.07, 6.45) is 3.52. The van der Waals surface area contributed by atoms with Gasteiger partial charge in [0.2, 0.25) is 0 Å². The first-order valence-corrected chi connectivity index (χ1v) is 8.34. The van der Waals surface area contributed by atoms with E-state index in [1.54, 1.807) is 0 Å². The predicted octanol–water partition coefficient (Wildman–Crippen LogP) is 3.31. The van der Waals surface area contributed by atoms with Crippen LogP contribution in [0.3, 0.4) is 0 Å². The molecule has 1 N–H and O–H groups in total. The standard InChI is InChI=1S/C18H22N4O/c1-13-9-15(23-21-13)12-22-8-4-5-14(11-22)10-18-19-16-6-2-3-7-17(16)20-18/h2-3,6-7,9,14H,4-5,8,10-12H2,1H3,(H,19,20)/t14-/m1/s1. The maximum Gasteiger partial charge on any atom is 0.150 e. The molecular formula is C18H22N4O. The summed E-state index contributed by atoms with van der Waals surface area (Å²) >= 11 is 0. The molecular weight excluding hydrogens is 288 g/mol. The number of aryl methyl sites for hydroxylation is 1. The van der Waals surface area contributed by atoms with Gasteiger partial charge in [-0.3, -0.25) is 4.90 Å². The molecule has 1 aromatic carbocycles. The number of likely N-dealkylation sites (tertiary alicyclic amines) is 1. The van der Waals surface area contributed by atoms with Crippen molar-refractivity contribution in [2.75, 3.05) is 13.1 Å². The SMILES string of the molecule is Cc1cc(CN2CCC[C@H](Cc3nc4ccccc4[nH]3)C2)on1. The van der Waals surface area contributed by atoms with Gasteiger partial charge in [-0.05, 0) is 44.4 Å². The van der Waals surface area contributed by atoms with E-state index in [9.17, 15) is 0 Å². The number of nitrogens with one attached hydrogen (secondary N) is 1.